The fourth-order valence-electron chi connectivity index (χ4n) is 5.37. The van der Waals surface area contributed by atoms with Crippen LogP contribution in [0.3, 0.4) is 0 Å². The Hall–Kier alpha value is -2.23. The smallest absolute Gasteiger partial charge is 0.243 e. The molecule has 0 bridgehead atoms. The largest absolute Gasteiger partial charge is 0.355 e. The van der Waals surface area contributed by atoms with Crippen LogP contribution in [0, 0.1) is 11.8 Å². The molecule has 5 rings (SSSR count). The molecule has 2 aromatic rings. The first-order valence-corrected chi connectivity index (χ1v) is 14.9. The van der Waals surface area contributed by atoms with Crippen LogP contribution in [-0.4, -0.2) is 50.2 Å². The first kappa shape index (κ1) is 24.5. The van der Waals surface area contributed by atoms with Crippen molar-refractivity contribution in [2.24, 2.45) is 11.8 Å². The lowest BCUT2D eigenvalue weighted by Gasteiger charge is -2.32. The molecule has 7 nitrogen and oxygen atoms in total. The minimum Gasteiger partial charge on any atom is -0.355 e. The number of rotatable bonds is 7. The topological polar surface area (TPSA) is 86.8 Å². The molecular weight excluding hydrogens is 482 g/mol. The van der Waals surface area contributed by atoms with Crippen molar-refractivity contribution in [3.8, 4) is 0 Å². The van der Waals surface area contributed by atoms with Crippen LogP contribution in [0.15, 0.2) is 40.6 Å². The lowest BCUT2D eigenvalue weighted by Crippen LogP contribution is -2.43. The van der Waals surface area contributed by atoms with Gasteiger partial charge in [0.1, 0.15) is 0 Å². The number of thiophene rings is 1. The fourth-order valence-corrected chi connectivity index (χ4v) is 7.60. The third kappa shape index (κ3) is 4.90. The van der Waals surface area contributed by atoms with E-state index < -0.39 is 10.0 Å². The zero-order valence-corrected chi connectivity index (χ0v) is 21.7. The lowest BCUT2D eigenvalue weighted by atomic mass is 9.84. The molecule has 1 saturated carbocycles. The predicted octanol–water partition coefficient (Wildman–Crippen LogP) is 3.59. The molecule has 2 fully saturated rings. The molecule has 2 amide bonds. The van der Waals surface area contributed by atoms with Gasteiger partial charge in [-0.05, 0) is 80.7 Å². The maximum atomic E-state index is 13.4. The summed E-state index contributed by atoms with van der Waals surface area (Å²) in [5.41, 5.74) is 1.78. The van der Waals surface area contributed by atoms with E-state index in [4.69, 9.17) is 0 Å². The lowest BCUT2D eigenvalue weighted by molar-refractivity contribution is -0.126. The minimum absolute atomic E-state index is 0.0151. The Bertz CT molecular complexity index is 1180. The van der Waals surface area contributed by atoms with Crippen LogP contribution in [0.25, 0.3) is 0 Å². The number of anilines is 1. The molecule has 0 radical (unpaired) electrons. The Morgan fingerprint density at radius 1 is 1.09 bits per heavy atom. The summed E-state index contributed by atoms with van der Waals surface area (Å²) < 4.78 is 28.2. The number of fused-ring (bicyclic) bond motifs is 1. The van der Waals surface area contributed by atoms with Gasteiger partial charge in [0.2, 0.25) is 21.8 Å². The van der Waals surface area contributed by atoms with Gasteiger partial charge in [0.25, 0.3) is 0 Å². The number of hydrogen-bond donors (Lipinski definition) is 1. The van der Waals surface area contributed by atoms with Gasteiger partial charge < -0.3 is 10.2 Å². The highest BCUT2D eigenvalue weighted by Gasteiger charge is 2.38. The van der Waals surface area contributed by atoms with Crippen molar-refractivity contribution in [2.45, 2.75) is 62.8 Å². The average molecular weight is 516 g/mol. The standard InChI is InChI=1S/C26H33N3O4S2/c1-18-16-21-17-23(7-8-24(21)29(18)26(31)20-4-2-5-20)35(32,33)28-13-10-19(11-14-28)25(30)27-12-9-22-6-3-15-34-22/h3,6-8,15,17-20H,2,4-5,9-14,16H2,1H3,(H,27,30). The second-order valence-corrected chi connectivity index (χ2v) is 12.9. The van der Waals surface area contributed by atoms with E-state index in [9.17, 15) is 18.0 Å². The minimum atomic E-state index is -3.64. The first-order valence-electron chi connectivity index (χ1n) is 12.6. The highest BCUT2D eigenvalue weighted by Crippen LogP contribution is 2.38. The molecule has 1 aromatic carbocycles. The summed E-state index contributed by atoms with van der Waals surface area (Å²) >= 11 is 1.68. The number of amides is 2. The summed E-state index contributed by atoms with van der Waals surface area (Å²) in [6.07, 6.45) is 5.54. The van der Waals surface area contributed by atoms with Gasteiger partial charge in [-0.25, -0.2) is 8.42 Å². The summed E-state index contributed by atoms with van der Waals surface area (Å²) in [6.45, 7) is 3.31. The van der Waals surface area contributed by atoms with E-state index >= 15 is 0 Å². The monoisotopic (exact) mass is 515 g/mol. The number of carbonyl (C=O) groups excluding carboxylic acids is 2. The van der Waals surface area contributed by atoms with E-state index in [-0.39, 0.29) is 34.6 Å². The van der Waals surface area contributed by atoms with E-state index in [0.29, 0.717) is 38.9 Å². The molecule has 1 aliphatic carbocycles. The van der Waals surface area contributed by atoms with Crippen molar-refractivity contribution < 1.29 is 18.0 Å². The molecule has 1 unspecified atom stereocenters. The highest BCUT2D eigenvalue weighted by molar-refractivity contribution is 7.89. The Morgan fingerprint density at radius 3 is 2.51 bits per heavy atom. The molecule has 1 atom stereocenters. The summed E-state index contributed by atoms with van der Waals surface area (Å²) in [4.78, 5) is 28.9. The molecule has 1 saturated heterocycles. The maximum absolute atomic E-state index is 13.4. The van der Waals surface area contributed by atoms with Crippen molar-refractivity contribution in [3.05, 3.63) is 46.2 Å². The van der Waals surface area contributed by atoms with Gasteiger partial charge in [-0.3, -0.25) is 9.59 Å². The number of carbonyl (C=O) groups is 2. The number of nitrogens with zero attached hydrogens (tertiary/aromatic N) is 2. The van der Waals surface area contributed by atoms with Crippen LogP contribution < -0.4 is 10.2 Å². The zero-order valence-electron chi connectivity index (χ0n) is 20.1. The van der Waals surface area contributed by atoms with Crippen molar-refractivity contribution >= 4 is 38.9 Å². The molecule has 3 heterocycles. The molecular formula is C26H33N3O4S2. The first-order chi connectivity index (χ1) is 16.8. The zero-order chi connectivity index (χ0) is 24.6. The number of hydrogen-bond acceptors (Lipinski definition) is 5. The fraction of sp³-hybridized carbons (Fsp3) is 0.538. The summed E-state index contributed by atoms with van der Waals surface area (Å²) in [5.74, 6) is 0.146. The van der Waals surface area contributed by atoms with Gasteiger partial charge in [0.15, 0.2) is 0 Å². The third-order valence-electron chi connectivity index (χ3n) is 7.67. The quantitative estimate of drug-likeness (QED) is 0.611. The van der Waals surface area contributed by atoms with Gasteiger partial charge in [-0.2, -0.15) is 4.31 Å². The van der Waals surface area contributed by atoms with Crippen molar-refractivity contribution in [2.75, 3.05) is 24.5 Å². The van der Waals surface area contributed by atoms with Gasteiger partial charge in [-0.15, -0.1) is 11.3 Å². The second kappa shape index (κ2) is 10.0. The van der Waals surface area contributed by atoms with Crippen LogP contribution in [0.2, 0.25) is 0 Å². The number of piperidine rings is 1. The second-order valence-electron chi connectivity index (χ2n) is 9.98. The average Bonchev–Trinajstić information content (AvgIpc) is 3.44. The molecule has 1 aromatic heterocycles. The van der Waals surface area contributed by atoms with Gasteiger partial charge in [-0.1, -0.05) is 12.5 Å². The van der Waals surface area contributed by atoms with E-state index in [1.165, 1.54) is 9.18 Å². The van der Waals surface area contributed by atoms with Gasteiger partial charge >= 0.3 is 0 Å². The highest BCUT2D eigenvalue weighted by atomic mass is 32.2. The summed E-state index contributed by atoms with van der Waals surface area (Å²) in [5, 5.41) is 5.03. The van der Waals surface area contributed by atoms with Gasteiger partial charge in [0.05, 0.1) is 4.90 Å². The van der Waals surface area contributed by atoms with E-state index in [0.717, 1.165) is 36.9 Å². The van der Waals surface area contributed by atoms with Crippen molar-refractivity contribution in [1.29, 1.82) is 0 Å². The summed E-state index contributed by atoms with van der Waals surface area (Å²) in [6, 6.07) is 9.30. The van der Waals surface area contributed by atoms with E-state index in [1.54, 1.807) is 29.5 Å². The van der Waals surface area contributed by atoms with E-state index in [1.807, 2.05) is 23.3 Å². The SMILES string of the molecule is CC1Cc2cc(S(=O)(=O)N3CCC(C(=O)NCCc4cccs4)CC3)ccc2N1C(=O)C1CCC1. The summed E-state index contributed by atoms with van der Waals surface area (Å²) in [7, 11) is -3.64. The van der Waals surface area contributed by atoms with Crippen molar-refractivity contribution in [1.82, 2.24) is 9.62 Å². The third-order valence-corrected chi connectivity index (χ3v) is 10.5. The normalized spacial score (nSPS) is 21.5. The Balaban J connectivity index is 1.19. The van der Waals surface area contributed by atoms with Crippen LogP contribution >= 0.6 is 11.3 Å². The molecule has 188 valence electrons. The van der Waals surface area contributed by atoms with Gasteiger partial charge in [0, 0.05) is 48.1 Å². The Kier molecular flexibility index (Phi) is 7.01. The number of benzene rings is 1. The predicted molar refractivity (Wildman–Crippen MR) is 137 cm³/mol. The molecule has 35 heavy (non-hydrogen) atoms. The number of nitrogens with one attached hydrogen (secondary N) is 1. The molecule has 0 spiro atoms. The molecule has 1 N–H and O–H groups in total. The van der Waals surface area contributed by atoms with E-state index in [2.05, 4.69) is 11.4 Å². The van der Waals surface area contributed by atoms with Crippen LogP contribution in [0.1, 0.15) is 49.5 Å². The van der Waals surface area contributed by atoms with Crippen LogP contribution in [0.4, 0.5) is 5.69 Å². The Labute approximate surface area is 211 Å². The Morgan fingerprint density at radius 2 is 1.86 bits per heavy atom. The van der Waals surface area contributed by atoms with Crippen LogP contribution in [-0.2, 0) is 32.5 Å². The molecule has 3 aliphatic rings. The number of sulfonamides is 1. The van der Waals surface area contributed by atoms with Crippen LogP contribution in [0.5, 0.6) is 0 Å². The van der Waals surface area contributed by atoms with Crippen molar-refractivity contribution in [3.63, 3.8) is 0 Å². The molecule has 9 heteroatoms. The molecule has 2 aliphatic heterocycles. The maximum Gasteiger partial charge on any atom is 0.243 e.